The largest absolute Gasteiger partial charge is 0.495 e. The maximum atomic E-state index is 12.5. The van der Waals surface area contributed by atoms with Crippen molar-refractivity contribution in [2.75, 3.05) is 19.0 Å². The van der Waals surface area contributed by atoms with Crippen LogP contribution in [0.4, 0.5) is 5.69 Å². The number of hydrogen-bond donors (Lipinski definition) is 2. The predicted octanol–water partition coefficient (Wildman–Crippen LogP) is 2.77. The molecule has 0 unspecified atom stereocenters. The van der Waals surface area contributed by atoms with E-state index in [9.17, 15) is 14.4 Å². The molecule has 25 heavy (non-hydrogen) atoms. The molecule has 0 radical (unpaired) electrons. The number of esters is 1. The summed E-state index contributed by atoms with van der Waals surface area (Å²) < 4.78 is 10.1. The Balaban J connectivity index is 2.40. The number of anilines is 1. The summed E-state index contributed by atoms with van der Waals surface area (Å²) in [4.78, 5) is 39.0. The monoisotopic (exact) mass is 364 g/mol. The number of halogens is 1. The van der Waals surface area contributed by atoms with E-state index in [-0.39, 0.29) is 17.7 Å². The van der Waals surface area contributed by atoms with Gasteiger partial charge in [0.05, 0.1) is 25.0 Å². The van der Waals surface area contributed by atoms with E-state index in [4.69, 9.17) is 21.1 Å². The zero-order valence-electron chi connectivity index (χ0n) is 13.9. The van der Waals surface area contributed by atoms with Crippen molar-refractivity contribution < 1.29 is 19.1 Å². The second kappa shape index (κ2) is 7.85. The van der Waals surface area contributed by atoms with E-state index in [2.05, 4.69) is 10.3 Å². The molecular formula is C17H17ClN2O5. The number of aromatic nitrogens is 1. The molecule has 2 aromatic rings. The van der Waals surface area contributed by atoms with Gasteiger partial charge in [0.1, 0.15) is 11.3 Å². The first kappa shape index (κ1) is 18.5. The maximum Gasteiger partial charge on any atom is 0.339 e. The summed E-state index contributed by atoms with van der Waals surface area (Å²) in [5, 5.41) is 2.95. The highest BCUT2D eigenvalue weighted by atomic mass is 35.5. The number of hydrogen-bond acceptors (Lipinski definition) is 5. The summed E-state index contributed by atoms with van der Waals surface area (Å²) in [5.41, 5.74) is -0.109. The van der Waals surface area contributed by atoms with Crippen molar-refractivity contribution in [3.05, 3.63) is 56.5 Å². The number of methoxy groups -OCH3 is 1. The molecule has 132 valence electrons. The molecule has 1 aromatic carbocycles. The Morgan fingerprint density at radius 2 is 1.96 bits per heavy atom. The van der Waals surface area contributed by atoms with E-state index in [1.165, 1.54) is 19.2 Å². The van der Waals surface area contributed by atoms with Crippen LogP contribution in [0.2, 0.25) is 5.02 Å². The quantitative estimate of drug-likeness (QED) is 0.795. The van der Waals surface area contributed by atoms with Crippen molar-refractivity contribution in [2.45, 2.75) is 13.8 Å². The molecule has 0 aliphatic carbocycles. The smallest absolute Gasteiger partial charge is 0.339 e. The van der Waals surface area contributed by atoms with E-state index in [1.807, 2.05) is 0 Å². The van der Waals surface area contributed by atoms with Gasteiger partial charge >= 0.3 is 5.97 Å². The minimum absolute atomic E-state index is 0.115. The number of rotatable bonds is 5. The first-order chi connectivity index (χ1) is 11.9. The van der Waals surface area contributed by atoms with Gasteiger partial charge in [0.15, 0.2) is 0 Å². The second-order valence-electron chi connectivity index (χ2n) is 5.07. The fourth-order valence-corrected chi connectivity index (χ4v) is 2.35. The highest BCUT2D eigenvalue weighted by Crippen LogP contribution is 2.28. The summed E-state index contributed by atoms with van der Waals surface area (Å²) in [6, 6.07) is 5.89. The van der Waals surface area contributed by atoms with Crippen LogP contribution in [0.5, 0.6) is 5.75 Å². The lowest BCUT2D eigenvalue weighted by Gasteiger charge is -2.11. The van der Waals surface area contributed by atoms with Crippen LogP contribution in [0.25, 0.3) is 0 Å². The molecule has 0 saturated carbocycles. The minimum atomic E-state index is -0.702. The highest BCUT2D eigenvalue weighted by molar-refractivity contribution is 6.31. The summed E-state index contributed by atoms with van der Waals surface area (Å²) in [6.07, 6.45) is 0. The lowest BCUT2D eigenvalue weighted by Crippen LogP contribution is -2.26. The Morgan fingerprint density at radius 1 is 1.24 bits per heavy atom. The van der Waals surface area contributed by atoms with Gasteiger partial charge in [0.2, 0.25) is 0 Å². The number of carbonyl (C=O) groups is 2. The third-order valence-corrected chi connectivity index (χ3v) is 3.62. The number of benzene rings is 1. The third kappa shape index (κ3) is 4.19. The Kier molecular flexibility index (Phi) is 5.82. The summed E-state index contributed by atoms with van der Waals surface area (Å²) >= 11 is 5.92. The van der Waals surface area contributed by atoms with Crippen molar-refractivity contribution in [1.29, 1.82) is 0 Å². The Labute approximate surface area is 148 Å². The van der Waals surface area contributed by atoms with Gasteiger partial charge in [0, 0.05) is 10.7 Å². The van der Waals surface area contributed by atoms with Crippen LogP contribution in [0, 0.1) is 6.92 Å². The average molecular weight is 365 g/mol. The van der Waals surface area contributed by atoms with Gasteiger partial charge in [-0.3, -0.25) is 9.59 Å². The molecule has 2 N–H and O–H groups in total. The van der Waals surface area contributed by atoms with Gasteiger partial charge in [-0.25, -0.2) is 4.79 Å². The zero-order valence-corrected chi connectivity index (χ0v) is 14.7. The number of H-pyrrole nitrogens is 1. The molecule has 0 fully saturated rings. The molecule has 2 rings (SSSR count). The van der Waals surface area contributed by atoms with Gasteiger partial charge in [-0.05, 0) is 38.1 Å². The Morgan fingerprint density at radius 3 is 2.60 bits per heavy atom. The standard InChI is InChI=1S/C17H17ClN2O5/c1-4-25-17(23)11-8-12(15(21)19-9(11)2)16(22)20-13-7-10(18)5-6-14(13)24-3/h5-8H,4H2,1-3H3,(H,19,21)(H,20,22). The third-order valence-electron chi connectivity index (χ3n) is 3.39. The van der Waals surface area contributed by atoms with Gasteiger partial charge < -0.3 is 19.8 Å². The van der Waals surface area contributed by atoms with E-state index in [1.54, 1.807) is 26.0 Å². The molecule has 8 heteroatoms. The molecule has 1 amide bonds. The number of pyridine rings is 1. The number of aromatic amines is 1. The Hall–Kier alpha value is -2.80. The van der Waals surface area contributed by atoms with Crippen molar-refractivity contribution in [3.8, 4) is 5.75 Å². The molecule has 0 aliphatic rings. The molecule has 7 nitrogen and oxygen atoms in total. The van der Waals surface area contributed by atoms with Crippen LogP contribution < -0.4 is 15.6 Å². The van der Waals surface area contributed by atoms with Crippen LogP contribution in [0.15, 0.2) is 29.1 Å². The van der Waals surface area contributed by atoms with Crippen molar-refractivity contribution >= 4 is 29.2 Å². The van der Waals surface area contributed by atoms with Gasteiger partial charge in [0.25, 0.3) is 11.5 Å². The number of amides is 1. The fourth-order valence-electron chi connectivity index (χ4n) is 2.18. The Bertz CT molecular complexity index is 876. The van der Waals surface area contributed by atoms with E-state index < -0.39 is 17.4 Å². The summed E-state index contributed by atoms with van der Waals surface area (Å²) in [7, 11) is 1.44. The second-order valence-corrected chi connectivity index (χ2v) is 5.51. The van der Waals surface area contributed by atoms with Gasteiger partial charge in [-0.15, -0.1) is 0 Å². The van der Waals surface area contributed by atoms with E-state index >= 15 is 0 Å². The minimum Gasteiger partial charge on any atom is -0.495 e. The van der Waals surface area contributed by atoms with Crippen molar-refractivity contribution in [1.82, 2.24) is 4.98 Å². The van der Waals surface area contributed by atoms with Crippen LogP contribution in [0.3, 0.4) is 0 Å². The highest BCUT2D eigenvalue weighted by Gasteiger charge is 2.19. The normalized spacial score (nSPS) is 10.2. The molecule has 0 bridgehead atoms. The van der Waals surface area contributed by atoms with Crippen LogP contribution in [-0.2, 0) is 4.74 Å². The number of nitrogens with one attached hydrogen (secondary N) is 2. The molecule has 0 spiro atoms. The number of carbonyl (C=O) groups excluding carboxylic acids is 2. The van der Waals surface area contributed by atoms with Crippen LogP contribution >= 0.6 is 11.6 Å². The first-order valence-electron chi connectivity index (χ1n) is 7.43. The lowest BCUT2D eigenvalue weighted by atomic mass is 10.1. The van der Waals surface area contributed by atoms with Gasteiger partial charge in [-0.1, -0.05) is 11.6 Å². The summed E-state index contributed by atoms with van der Waals surface area (Å²) in [5.74, 6) is -0.940. The van der Waals surface area contributed by atoms with Crippen LogP contribution in [0.1, 0.15) is 33.3 Å². The first-order valence-corrected chi connectivity index (χ1v) is 7.81. The molecule has 0 atom stereocenters. The molecule has 0 aliphatic heterocycles. The maximum absolute atomic E-state index is 12.5. The van der Waals surface area contributed by atoms with E-state index in [0.717, 1.165) is 0 Å². The number of aryl methyl sites for hydroxylation is 1. The average Bonchev–Trinajstić information content (AvgIpc) is 2.55. The SMILES string of the molecule is CCOC(=O)c1cc(C(=O)Nc2cc(Cl)ccc2OC)c(=O)[nH]c1C. The summed E-state index contributed by atoms with van der Waals surface area (Å²) in [6.45, 7) is 3.39. The van der Waals surface area contributed by atoms with Crippen molar-refractivity contribution in [3.63, 3.8) is 0 Å². The van der Waals surface area contributed by atoms with Gasteiger partial charge in [-0.2, -0.15) is 0 Å². The molecule has 0 saturated heterocycles. The predicted molar refractivity (Wildman–Crippen MR) is 93.7 cm³/mol. The van der Waals surface area contributed by atoms with Crippen LogP contribution in [-0.4, -0.2) is 30.6 Å². The van der Waals surface area contributed by atoms with E-state index in [0.29, 0.717) is 22.2 Å². The zero-order chi connectivity index (χ0) is 18.6. The number of ether oxygens (including phenoxy) is 2. The molecule has 1 heterocycles. The molecular weight excluding hydrogens is 348 g/mol. The molecule has 1 aromatic heterocycles. The fraction of sp³-hybridized carbons (Fsp3) is 0.235. The lowest BCUT2D eigenvalue weighted by molar-refractivity contribution is 0.0525. The topological polar surface area (TPSA) is 97.5 Å². The van der Waals surface area contributed by atoms with Crippen molar-refractivity contribution in [2.24, 2.45) is 0 Å².